The normalized spacial score (nSPS) is 9.91. The molecule has 0 aliphatic rings. The van der Waals surface area contributed by atoms with Crippen molar-refractivity contribution in [1.82, 2.24) is 9.59 Å². The lowest BCUT2D eigenvalue weighted by Crippen LogP contribution is -2.24. The molecule has 0 saturated carbocycles. The van der Waals surface area contributed by atoms with Gasteiger partial charge in [-0.1, -0.05) is 4.49 Å². The summed E-state index contributed by atoms with van der Waals surface area (Å²) in [6.45, 7) is 1.79. The van der Waals surface area contributed by atoms with Gasteiger partial charge >= 0.3 is 0 Å². The highest BCUT2D eigenvalue weighted by Crippen LogP contribution is 2.23. The van der Waals surface area contributed by atoms with E-state index in [1.807, 2.05) is 0 Å². The van der Waals surface area contributed by atoms with E-state index in [0.29, 0.717) is 0 Å². The third-order valence-corrected chi connectivity index (χ3v) is 3.07. The highest BCUT2D eigenvalue weighted by atomic mass is 32.2. The molecular weight excluding hydrogens is 184 g/mol. The molecule has 0 saturated heterocycles. The number of carbonyl (C=O) groups is 1. The molecule has 1 rings (SSSR count). The van der Waals surface area contributed by atoms with Crippen molar-refractivity contribution in [2.45, 2.75) is 11.1 Å². The molecule has 0 aromatic carbocycles. The van der Waals surface area contributed by atoms with Gasteiger partial charge in [-0.15, -0.1) is 16.9 Å². The Balaban J connectivity index is 2.51. The largest absolute Gasteiger partial charge is 0.549 e. The molecule has 0 aliphatic heterocycles. The summed E-state index contributed by atoms with van der Waals surface area (Å²) in [5, 5.41) is 13.8. The molecule has 11 heavy (non-hydrogen) atoms. The van der Waals surface area contributed by atoms with Crippen LogP contribution >= 0.6 is 23.3 Å². The van der Waals surface area contributed by atoms with Crippen LogP contribution in [0.1, 0.15) is 5.69 Å². The molecule has 0 unspecified atom stereocenters. The van der Waals surface area contributed by atoms with E-state index in [9.17, 15) is 9.90 Å². The van der Waals surface area contributed by atoms with Gasteiger partial charge in [-0.05, 0) is 18.5 Å². The van der Waals surface area contributed by atoms with Crippen molar-refractivity contribution >= 4 is 29.3 Å². The van der Waals surface area contributed by atoms with Crippen LogP contribution in [0.15, 0.2) is 4.21 Å². The Hall–Kier alpha value is -0.620. The number of aromatic nitrogens is 2. The van der Waals surface area contributed by atoms with Gasteiger partial charge in [-0.2, -0.15) is 0 Å². The van der Waals surface area contributed by atoms with E-state index in [2.05, 4.69) is 9.59 Å². The Morgan fingerprint density at radius 2 is 2.55 bits per heavy atom. The monoisotopic (exact) mass is 189 g/mol. The van der Waals surface area contributed by atoms with E-state index in [-0.39, 0.29) is 5.75 Å². The number of hydrogen-bond donors (Lipinski definition) is 0. The molecule has 60 valence electrons. The Bertz CT molecular complexity index is 261. The third kappa shape index (κ3) is 2.47. The second-order valence-electron chi connectivity index (χ2n) is 1.81. The van der Waals surface area contributed by atoms with E-state index >= 15 is 0 Å². The van der Waals surface area contributed by atoms with Gasteiger partial charge in [0.15, 0.2) is 0 Å². The molecule has 0 aliphatic carbocycles. The Kier molecular flexibility index (Phi) is 2.84. The summed E-state index contributed by atoms with van der Waals surface area (Å²) in [5.41, 5.74) is 0.779. The first-order valence-electron chi connectivity index (χ1n) is 2.81. The van der Waals surface area contributed by atoms with Crippen molar-refractivity contribution in [2.75, 3.05) is 5.75 Å². The van der Waals surface area contributed by atoms with Gasteiger partial charge < -0.3 is 9.90 Å². The van der Waals surface area contributed by atoms with Crippen LogP contribution in [0, 0.1) is 6.92 Å². The van der Waals surface area contributed by atoms with Crippen molar-refractivity contribution in [2.24, 2.45) is 0 Å². The highest BCUT2D eigenvalue weighted by molar-refractivity contribution is 8.01. The van der Waals surface area contributed by atoms with Gasteiger partial charge in [-0.25, -0.2) is 0 Å². The smallest absolute Gasteiger partial charge is 0.104 e. The van der Waals surface area contributed by atoms with Crippen LogP contribution in [-0.4, -0.2) is 21.3 Å². The van der Waals surface area contributed by atoms with Gasteiger partial charge in [0.05, 0.1) is 11.7 Å². The summed E-state index contributed by atoms with van der Waals surface area (Å²) < 4.78 is 4.50. The Labute approximate surface area is 71.8 Å². The number of aliphatic carboxylic acids is 1. The minimum Gasteiger partial charge on any atom is -0.549 e. The number of thioether (sulfide) groups is 1. The fourth-order valence-corrected chi connectivity index (χ4v) is 1.88. The number of hydrogen-bond acceptors (Lipinski definition) is 6. The fourth-order valence-electron chi connectivity index (χ4n) is 0.481. The summed E-state index contributed by atoms with van der Waals surface area (Å²) >= 11 is 2.40. The molecule has 0 bridgehead atoms. The standard InChI is InChI=1S/C5H6N2O2S2/c1-3-5(11-7-6-3)10-2-4(8)9/h2H2,1H3,(H,8,9)/p-1. The first-order chi connectivity index (χ1) is 5.20. The molecule has 6 heteroatoms. The number of carboxylic acid groups (broad SMARTS) is 1. The van der Waals surface area contributed by atoms with E-state index < -0.39 is 5.97 Å². The van der Waals surface area contributed by atoms with Crippen molar-refractivity contribution in [1.29, 1.82) is 0 Å². The van der Waals surface area contributed by atoms with E-state index in [4.69, 9.17) is 0 Å². The molecular formula is C5H5N2O2S2-. The first kappa shape index (κ1) is 8.48. The summed E-state index contributed by atoms with van der Waals surface area (Å²) in [6.07, 6.45) is 0. The Morgan fingerprint density at radius 1 is 1.82 bits per heavy atom. The Morgan fingerprint density at radius 3 is 3.00 bits per heavy atom. The van der Waals surface area contributed by atoms with Crippen molar-refractivity contribution < 1.29 is 9.90 Å². The number of aryl methyl sites for hydroxylation is 1. The number of carbonyl (C=O) groups excluding carboxylic acids is 1. The molecule has 0 spiro atoms. The maximum atomic E-state index is 10.0. The quantitative estimate of drug-likeness (QED) is 0.610. The second kappa shape index (κ2) is 3.68. The molecule has 1 heterocycles. The number of nitrogens with zero attached hydrogens (tertiary/aromatic N) is 2. The topological polar surface area (TPSA) is 65.9 Å². The maximum absolute atomic E-state index is 10.0. The van der Waals surface area contributed by atoms with Gasteiger partial charge in [0, 0.05) is 5.75 Å². The minimum atomic E-state index is -1.07. The van der Waals surface area contributed by atoms with E-state index in [0.717, 1.165) is 9.90 Å². The van der Waals surface area contributed by atoms with Crippen molar-refractivity contribution in [3.8, 4) is 0 Å². The van der Waals surface area contributed by atoms with Crippen LogP contribution in [-0.2, 0) is 4.79 Å². The molecule has 0 fully saturated rings. The predicted octanol–water partition coefficient (Wildman–Crippen LogP) is -0.311. The van der Waals surface area contributed by atoms with Crippen LogP contribution in [0.3, 0.4) is 0 Å². The van der Waals surface area contributed by atoms with E-state index in [1.165, 1.54) is 23.3 Å². The molecule has 1 aromatic heterocycles. The van der Waals surface area contributed by atoms with Gasteiger partial charge in [0.2, 0.25) is 0 Å². The van der Waals surface area contributed by atoms with Crippen molar-refractivity contribution in [3.05, 3.63) is 5.69 Å². The molecule has 4 nitrogen and oxygen atoms in total. The lowest BCUT2D eigenvalue weighted by atomic mass is 10.6. The van der Waals surface area contributed by atoms with Crippen LogP contribution < -0.4 is 5.11 Å². The van der Waals surface area contributed by atoms with Gasteiger partial charge in [-0.3, -0.25) is 0 Å². The van der Waals surface area contributed by atoms with Crippen LogP contribution in [0.25, 0.3) is 0 Å². The van der Waals surface area contributed by atoms with Gasteiger partial charge in [0.1, 0.15) is 4.21 Å². The zero-order valence-corrected chi connectivity index (χ0v) is 7.37. The fraction of sp³-hybridized carbons (Fsp3) is 0.400. The summed E-state index contributed by atoms with van der Waals surface area (Å²) in [6, 6.07) is 0. The second-order valence-corrected chi connectivity index (χ2v) is 3.80. The minimum absolute atomic E-state index is 0.0370. The SMILES string of the molecule is Cc1nnsc1SCC(=O)[O-]. The molecule has 0 amide bonds. The average Bonchev–Trinajstić information content (AvgIpc) is 2.31. The zero-order chi connectivity index (χ0) is 8.27. The van der Waals surface area contributed by atoms with Gasteiger partial charge in [0.25, 0.3) is 0 Å². The average molecular weight is 189 g/mol. The predicted molar refractivity (Wildman–Crippen MR) is 40.4 cm³/mol. The summed E-state index contributed by atoms with van der Waals surface area (Å²) in [5.74, 6) is -1.10. The third-order valence-electron chi connectivity index (χ3n) is 0.931. The number of rotatable bonds is 3. The lowest BCUT2D eigenvalue weighted by Gasteiger charge is -1.97. The summed E-state index contributed by atoms with van der Waals surface area (Å²) in [4.78, 5) is 10.0. The van der Waals surface area contributed by atoms with E-state index in [1.54, 1.807) is 6.92 Å². The van der Waals surface area contributed by atoms with Crippen LogP contribution in [0.5, 0.6) is 0 Å². The molecule has 1 aromatic rings. The number of carboxylic acids is 1. The molecule has 0 atom stereocenters. The first-order valence-corrected chi connectivity index (χ1v) is 4.57. The lowest BCUT2D eigenvalue weighted by molar-refractivity contribution is -0.301. The summed E-state index contributed by atoms with van der Waals surface area (Å²) in [7, 11) is 0. The van der Waals surface area contributed by atoms with Crippen LogP contribution in [0.4, 0.5) is 0 Å². The maximum Gasteiger partial charge on any atom is 0.104 e. The molecule has 0 radical (unpaired) electrons. The van der Waals surface area contributed by atoms with Crippen molar-refractivity contribution in [3.63, 3.8) is 0 Å². The molecule has 0 N–H and O–H groups in total. The highest BCUT2D eigenvalue weighted by Gasteiger charge is 2.02. The zero-order valence-electron chi connectivity index (χ0n) is 5.73. The van der Waals surface area contributed by atoms with Crippen LogP contribution in [0.2, 0.25) is 0 Å².